The summed E-state index contributed by atoms with van der Waals surface area (Å²) in [5.41, 5.74) is 10.6. The zero-order chi connectivity index (χ0) is 36.7. The topological polar surface area (TPSA) is 98.2 Å². The van der Waals surface area contributed by atoms with E-state index < -0.39 is 0 Å². The predicted molar refractivity (Wildman–Crippen MR) is 222 cm³/mol. The summed E-state index contributed by atoms with van der Waals surface area (Å²) in [5, 5.41) is 38.7. The monoisotopic (exact) mass is 700 g/mol. The van der Waals surface area contributed by atoms with Crippen LogP contribution in [0.3, 0.4) is 0 Å². The molecule has 0 saturated heterocycles. The summed E-state index contributed by atoms with van der Waals surface area (Å²) in [6.45, 7) is 4.01. The molecule has 0 amide bonds. The van der Waals surface area contributed by atoms with Crippen LogP contribution in [0.1, 0.15) is 11.1 Å². The van der Waals surface area contributed by atoms with Gasteiger partial charge in [0.1, 0.15) is 0 Å². The number of nitrogens with zero attached hydrogens (tertiary/aromatic N) is 6. The molecule has 8 heteroatoms. The summed E-state index contributed by atoms with van der Waals surface area (Å²) in [6.07, 6.45) is 0. The zero-order valence-electron chi connectivity index (χ0n) is 29.8. The number of hydrogen-bond donors (Lipinski definition) is 2. The van der Waals surface area contributed by atoms with Gasteiger partial charge in [0, 0.05) is 44.3 Å². The number of aryl methyl sites for hydroxylation is 2. The number of fused-ring (bicyclic) bond motifs is 2. The smallest absolute Gasteiger partial charge is 0.0936 e. The lowest BCUT2D eigenvalue weighted by molar-refractivity contribution is 1.17. The van der Waals surface area contributed by atoms with Gasteiger partial charge in [-0.05, 0) is 110 Å². The number of rotatable bonds is 10. The fourth-order valence-corrected chi connectivity index (χ4v) is 6.23. The fourth-order valence-electron chi connectivity index (χ4n) is 6.23. The molecule has 0 aliphatic carbocycles. The van der Waals surface area contributed by atoms with E-state index in [0.29, 0.717) is 5.69 Å². The molecule has 0 radical (unpaired) electrons. The van der Waals surface area contributed by atoms with Gasteiger partial charge in [-0.3, -0.25) is 0 Å². The van der Waals surface area contributed by atoms with Crippen LogP contribution in [0.15, 0.2) is 201 Å². The van der Waals surface area contributed by atoms with Crippen molar-refractivity contribution >= 4 is 78.4 Å². The summed E-state index contributed by atoms with van der Waals surface area (Å²) in [6, 6.07) is 56.3. The van der Waals surface area contributed by atoms with Crippen molar-refractivity contribution in [3.05, 3.63) is 181 Å². The standard InChI is InChI=1S/C46H36N8/c1-31-30-46(54-52-44-28-26-42(38-18-10-12-20-40(38)44)48-34-15-7-4-8-16-34)32(2)29-45(31)53-50-36-23-21-35(22-24-36)49-51-43-27-25-41(37-17-9-11-19-39(37)43)47-33-13-5-3-6-14-33/h3-30,47-48H,1-2H3. The van der Waals surface area contributed by atoms with Crippen molar-refractivity contribution in [2.75, 3.05) is 10.6 Å². The Morgan fingerprint density at radius 1 is 0.315 bits per heavy atom. The number of azo groups is 3. The van der Waals surface area contributed by atoms with Crippen LogP contribution < -0.4 is 10.6 Å². The lowest BCUT2D eigenvalue weighted by atomic mass is 10.1. The van der Waals surface area contributed by atoms with E-state index in [0.717, 1.165) is 83.9 Å². The predicted octanol–water partition coefficient (Wildman–Crippen LogP) is 15.3. The summed E-state index contributed by atoms with van der Waals surface area (Å²) in [4.78, 5) is 0. The van der Waals surface area contributed by atoms with Crippen LogP contribution in [0.25, 0.3) is 21.5 Å². The highest BCUT2D eigenvalue weighted by molar-refractivity contribution is 6.02. The number of para-hydroxylation sites is 2. The molecule has 8 nitrogen and oxygen atoms in total. The third kappa shape index (κ3) is 7.63. The Morgan fingerprint density at radius 2 is 0.667 bits per heavy atom. The third-order valence-electron chi connectivity index (χ3n) is 9.08. The van der Waals surface area contributed by atoms with E-state index in [1.54, 1.807) is 0 Å². The van der Waals surface area contributed by atoms with Crippen LogP contribution in [0.2, 0.25) is 0 Å². The Kier molecular flexibility index (Phi) is 9.71. The normalized spacial score (nSPS) is 11.7. The molecular formula is C46H36N8. The van der Waals surface area contributed by atoms with Crippen molar-refractivity contribution in [1.82, 2.24) is 0 Å². The van der Waals surface area contributed by atoms with E-state index in [2.05, 4.69) is 77.7 Å². The van der Waals surface area contributed by atoms with Crippen molar-refractivity contribution in [3.8, 4) is 0 Å². The van der Waals surface area contributed by atoms with Crippen molar-refractivity contribution in [1.29, 1.82) is 0 Å². The molecule has 2 N–H and O–H groups in total. The first kappa shape index (κ1) is 33.8. The molecule has 0 aliphatic rings. The lowest BCUT2D eigenvalue weighted by Gasteiger charge is -2.11. The minimum atomic E-state index is 0.716. The van der Waals surface area contributed by atoms with Gasteiger partial charge in [0.25, 0.3) is 0 Å². The first-order valence-corrected chi connectivity index (χ1v) is 17.7. The molecule has 0 bridgehead atoms. The van der Waals surface area contributed by atoms with Crippen molar-refractivity contribution in [2.45, 2.75) is 13.8 Å². The van der Waals surface area contributed by atoms with Crippen molar-refractivity contribution in [3.63, 3.8) is 0 Å². The molecule has 54 heavy (non-hydrogen) atoms. The average Bonchev–Trinajstić information content (AvgIpc) is 3.22. The van der Waals surface area contributed by atoms with E-state index in [9.17, 15) is 0 Å². The largest absolute Gasteiger partial charge is 0.355 e. The van der Waals surface area contributed by atoms with Crippen LogP contribution in [0.5, 0.6) is 0 Å². The van der Waals surface area contributed by atoms with Crippen LogP contribution in [-0.4, -0.2) is 0 Å². The number of anilines is 4. The van der Waals surface area contributed by atoms with Gasteiger partial charge in [0.2, 0.25) is 0 Å². The third-order valence-corrected chi connectivity index (χ3v) is 9.08. The highest BCUT2D eigenvalue weighted by Gasteiger charge is 2.09. The van der Waals surface area contributed by atoms with E-state index in [1.807, 2.05) is 147 Å². The first-order valence-electron chi connectivity index (χ1n) is 17.7. The lowest BCUT2D eigenvalue weighted by Crippen LogP contribution is -1.91. The second kappa shape index (κ2) is 15.5. The fraction of sp³-hybridized carbons (Fsp3) is 0.0435. The Morgan fingerprint density at radius 3 is 1.11 bits per heavy atom. The van der Waals surface area contributed by atoms with Gasteiger partial charge in [0.15, 0.2) is 0 Å². The second-order valence-corrected chi connectivity index (χ2v) is 12.9. The van der Waals surface area contributed by atoms with E-state index >= 15 is 0 Å². The highest BCUT2D eigenvalue weighted by Crippen LogP contribution is 2.37. The average molecular weight is 701 g/mol. The summed E-state index contributed by atoms with van der Waals surface area (Å²) < 4.78 is 0. The Balaban J connectivity index is 0.954. The van der Waals surface area contributed by atoms with Crippen LogP contribution in [0, 0.1) is 13.8 Å². The molecule has 0 aromatic heterocycles. The van der Waals surface area contributed by atoms with Crippen LogP contribution >= 0.6 is 0 Å². The molecule has 0 atom stereocenters. The minimum Gasteiger partial charge on any atom is -0.355 e. The number of nitrogens with one attached hydrogen (secondary N) is 2. The van der Waals surface area contributed by atoms with Crippen LogP contribution in [-0.2, 0) is 0 Å². The highest BCUT2D eigenvalue weighted by atomic mass is 15.1. The van der Waals surface area contributed by atoms with Gasteiger partial charge in [-0.2, -0.15) is 20.5 Å². The van der Waals surface area contributed by atoms with E-state index in [4.69, 9.17) is 0 Å². The van der Waals surface area contributed by atoms with Gasteiger partial charge in [0.05, 0.1) is 34.1 Å². The van der Waals surface area contributed by atoms with E-state index in [-0.39, 0.29) is 0 Å². The molecule has 260 valence electrons. The summed E-state index contributed by atoms with van der Waals surface area (Å²) in [7, 11) is 0. The maximum atomic E-state index is 4.68. The van der Waals surface area contributed by atoms with Gasteiger partial charge in [-0.1, -0.05) is 84.9 Å². The molecular weight excluding hydrogens is 665 g/mol. The van der Waals surface area contributed by atoms with Gasteiger partial charge in [-0.15, -0.1) is 10.2 Å². The van der Waals surface area contributed by atoms with Gasteiger partial charge < -0.3 is 10.6 Å². The molecule has 0 spiro atoms. The first-order chi connectivity index (χ1) is 26.6. The molecule has 8 rings (SSSR count). The molecule has 8 aromatic carbocycles. The Bertz CT molecular complexity index is 2670. The zero-order valence-corrected chi connectivity index (χ0v) is 29.8. The van der Waals surface area contributed by atoms with Crippen LogP contribution in [0.4, 0.5) is 56.9 Å². The number of hydrogen-bond acceptors (Lipinski definition) is 8. The van der Waals surface area contributed by atoms with Crippen molar-refractivity contribution in [2.24, 2.45) is 30.7 Å². The Labute approximate surface area is 313 Å². The molecule has 0 saturated carbocycles. The molecule has 0 unspecified atom stereocenters. The summed E-state index contributed by atoms with van der Waals surface area (Å²) >= 11 is 0. The van der Waals surface area contributed by atoms with Gasteiger partial charge >= 0.3 is 0 Å². The molecule has 0 aliphatic heterocycles. The van der Waals surface area contributed by atoms with Crippen molar-refractivity contribution < 1.29 is 0 Å². The summed E-state index contributed by atoms with van der Waals surface area (Å²) in [5.74, 6) is 0. The molecule has 0 fully saturated rings. The maximum absolute atomic E-state index is 4.68. The number of benzene rings is 8. The minimum absolute atomic E-state index is 0.716. The second-order valence-electron chi connectivity index (χ2n) is 12.9. The van der Waals surface area contributed by atoms with Gasteiger partial charge in [-0.25, -0.2) is 0 Å². The van der Waals surface area contributed by atoms with E-state index in [1.165, 1.54) is 0 Å². The Hall–Kier alpha value is -7.32. The SMILES string of the molecule is Cc1cc(N=Nc2ccc(Nc3ccccc3)c3ccccc23)c(C)cc1N=Nc1ccc(N=Nc2ccc(Nc3ccccc3)c3ccccc23)cc1. The quantitative estimate of drug-likeness (QED) is 0.139. The maximum Gasteiger partial charge on any atom is 0.0936 e. The molecule has 8 aromatic rings. The molecule has 0 heterocycles.